The first-order chi connectivity index (χ1) is 16.8. The summed E-state index contributed by atoms with van der Waals surface area (Å²) in [4.78, 5) is 19.4. The second kappa shape index (κ2) is 11.1. The minimum Gasteiger partial charge on any atom is -0.356 e. The van der Waals surface area contributed by atoms with Crippen LogP contribution in [0.3, 0.4) is 0 Å². The molecule has 2 heterocycles. The van der Waals surface area contributed by atoms with E-state index < -0.39 is 0 Å². The highest BCUT2D eigenvalue weighted by Crippen LogP contribution is 2.25. The normalized spacial score (nSPS) is 15.3. The summed E-state index contributed by atoms with van der Waals surface area (Å²) in [6, 6.07) is 14.8. The van der Waals surface area contributed by atoms with Crippen molar-refractivity contribution in [1.82, 2.24) is 20.4 Å². The lowest BCUT2D eigenvalue weighted by Crippen LogP contribution is -2.40. The fourth-order valence-electron chi connectivity index (χ4n) is 4.40. The van der Waals surface area contributed by atoms with Crippen LogP contribution in [0.5, 0.6) is 0 Å². The lowest BCUT2D eigenvalue weighted by molar-refractivity contribution is -0.126. The van der Waals surface area contributed by atoms with Crippen LogP contribution in [0.1, 0.15) is 57.1 Å². The Morgan fingerprint density at radius 3 is 2.43 bits per heavy atom. The molecule has 7 heteroatoms. The number of aryl methyl sites for hydroxylation is 1. The van der Waals surface area contributed by atoms with Gasteiger partial charge in [0, 0.05) is 18.0 Å². The van der Waals surface area contributed by atoms with E-state index >= 15 is 0 Å². The SMILES string of the molecule is CC(C)(C)c1ccc(-c2noc(CN3CCC(C(=O)NCCCc4ccc(F)cc4)CC3)n2)cc1. The minimum absolute atomic E-state index is 0.0386. The molecule has 3 aromatic rings. The van der Waals surface area contributed by atoms with Gasteiger partial charge in [0.1, 0.15) is 5.82 Å². The van der Waals surface area contributed by atoms with Crippen molar-refractivity contribution in [2.75, 3.05) is 19.6 Å². The van der Waals surface area contributed by atoms with Gasteiger partial charge in [-0.15, -0.1) is 0 Å². The zero-order valence-electron chi connectivity index (χ0n) is 20.9. The van der Waals surface area contributed by atoms with Crippen LogP contribution < -0.4 is 5.32 Å². The average molecular weight is 479 g/mol. The number of aromatic nitrogens is 2. The molecule has 0 aliphatic carbocycles. The summed E-state index contributed by atoms with van der Waals surface area (Å²) in [6.45, 7) is 9.46. The summed E-state index contributed by atoms with van der Waals surface area (Å²) in [7, 11) is 0. The predicted octanol–water partition coefficient (Wildman–Crippen LogP) is 5.13. The van der Waals surface area contributed by atoms with Crippen LogP contribution >= 0.6 is 0 Å². The summed E-state index contributed by atoms with van der Waals surface area (Å²) in [5.74, 6) is 1.15. The van der Waals surface area contributed by atoms with Crippen molar-refractivity contribution in [3.63, 3.8) is 0 Å². The first-order valence-electron chi connectivity index (χ1n) is 12.5. The Labute approximate surface area is 206 Å². The number of carbonyl (C=O) groups excluding carboxylic acids is 1. The molecule has 4 rings (SSSR count). The van der Waals surface area contributed by atoms with Crippen LogP contribution in [0.2, 0.25) is 0 Å². The maximum absolute atomic E-state index is 13.0. The molecular weight excluding hydrogens is 443 g/mol. The average Bonchev–Trinajstić information content (AvgIpc) is 3.31. The number of benzene rings is 2. The molecule has 0 atom stereocenters. The predicted molar refractivity (Wildman–Crippen MR) is 134 cm³/mol. The summed E-state index contributed by atoms with van der Waals surface area (Å²) in [5.41, 5.74) is 3.40. The number of likely N-dealkylation sites (tertiary alicyclic amines) is 1. The van der Waals surface area contributed by atoms with Gasteiger partial charge in [-0.1, -0.05) is 62.3 Å². The van der Waals surface area contributed by atoms with Crippen LogP contribution in [0.25, 0.3) is 11.4 Å². The molecule has 1 aliphatic heterocycles. The molecule has 2 aromatic carbocycles. The number of carbonyl (C=O) groups is 1. The van der Waals surface area contributed by atoms with E-state index in [1.807, 2.05) is 12.1 Å². The zero-order chi connectivity index (χ0) is 24.8. The highest BCUT2D eigenvalue weighted by Gasteiger charge is 2.26. The van der Waals surface area contributed by atoms with Gasteiger partial charge in [-0.3, -0.25) is 9.69 Å². The van der Waals surface area contributed by atoms with E-state index in [4.69, 9.17) is 4.52 Å². The van der Waals surface area contributed by atoms with Crippen LogP contribution in [0, 0.1) is 11.7 Å². The Bertz CT molecular complexity index is 1100. The Hall–Kier alpha value is -3.06. The second-order valence-corrected chi connectivity index (χ2v) is 10.4. The van der Waals surface area contributed by atoms with Gasteiger partial charge in [-0.25, -0.2) is 4.39 Å². The number of nitrogens with zero attached hydrogens (tertiary/aromatic N) is 3. The number of hydrogen-bond acceptors (Lipinski definition) is 5. The first-order valence-corrected chi connectivity index (χ1v) is 12.5. The molecule has 0 spiro atoms. The van der Waals surface area contributed by atoms with Crippen molar-refractivity contribution in [2.24, 2.45) is 5.92 Å². The van der Waals surface area contributed by atoms with Crippen LogP contribution in [0.4, 0.5) is 4.39 Å². The summed E-state index contributed by atoms with van der Waals surface area (Å²) in [6.07, 6.45) is 3.30. The molecule has 35 heavy (non-hydrogen) atoms. The molecule has 1 aliphatic rings. The summed E-state index contributed by atoms with van der Waals surface area (Å²) in [5, 5.41) is 7.22. The van der Waals surface area contributed by atoms with Crippen molar-refractivity contribution < 1.29 is 13.7 Å². The van der Waals surface area contributed by atoms with Gasteiger partial charge in [0.05, 0.1) is 6.54 Å². The Morgan fingerprint density at radius 2 is 1.77 bits per heavy atom. The molecule has 0 bridgehead atoms. The van der Waals surface area contributed by atoms with E-state index in [2.05, 4.69) is 53.3 Å². The molecule has 1 fully saturated rings. The summed E-state index contributed by atoms with van der Waals surface area (Å²) >= 11 is 0. The lowest BCUT2D eigenvalue weighted by Gasteiger charge is -2.30. The molecule has 1 aromatic heterocycles. The molecular formula is C28H35FN4O2. The van der Waals surface area contributed by atoms with Gasteiger partial charge in [0.2, 0.25) is 17.6 Å². The largest absolute Gasteiger partial charge is 0.356 e. The smallest absolute Gasteiger partial charge is 0.241 e. The van der Waals surface area contributed by atoms with Crippen LogP contribution in [-0.4, -0.2) is 40.6 Å². The van der Waals surface area contributed by atoms with E-state index in [0.29, 0.717) is 24.8 Å². The Balaban J connectivity index is 1.18. The Kier molecular flexibility index (Phi) is 7.96. The molecule has 0 saturated carbocycles. The van der Waals surface area contributed by atoms with E-state index in [0.717, 1.165) is 49.9 Å². The van der Waals surface area contributed by atoms with Crippen molar-refractivity contribution in [3.8, 4) is 11.4 Å². The third kappa shape index (κ3) is 6.98. The van der Waals surface area contributed by atoms with Gasteiger partial charge in [-0.05, 0) is 67.4 Å². The van der Waals surface area contributed by atoms with Crippen LogP contribution in [0.15, 0.2) is 53.1 Å². The van der Waals surface area contributed by atoms with Crippen LogP contribution in [-0.2, 0) is 23.2 Å². The number of piperidine rings is 1. The third-order valence-electron chi connectivity index (χ3n) is 6.65. The highest BCUT2D eigenvalue weighted by molar-refractivity contribution is 5.78. The van der Waals surface area contributed by atoms with E-state index in [1.165, 1.54) is 17.7 Å². The van der Waals surface area contributed by atoms with Crippen molar-refractivity contribution in [1.29, 1.82) is 0 Å². The second-order valence-electron chi connectivity index (χ2n) is 10.4. The van der Waals surface area contributed by atoms with Crippen molar-refractivity contribution in [2.45, 2.75) is 58.4 Å². The highest BCUT2D eigenvalue weighted by atomic mass is 19.1. The lowest BCUT2D eigenvalue weighted by atomic mass is 9.87. The van der Waals surface area contributed by atoms with E-state index in [9.17, 15) is 9.18 Å². The Morgan fingerprint density at radius 1 is 1.09 bits per heavy atom. The topological polar surface area (TPSA) is 71.3 Å². The standard InChI is InChI=1S/C28H35FN4O2/c1-28(2,3)23-10-8-21(9-11-23)26-31-25(35-32-26)19-33-17-14-22(15-18-33)27(34)30-16-4-5-20-6-12-24(29)13-7-20/h6-13,22H,4-5,14-19H2,1-3H3,(H,30,34). The van der Waals surface area contributed by atoms with Gasteiger partial charge < -0.3 is 9.84 Å². The number of amides is 1. The minimum atomic E-state index is -0.223. The zero-order valence-corrected chi connectivity index (χ0v) is 20.9. The molecule has 186 valence electrons. The van der Waals surface area contributed by atoms with Crippen molar-refractivity contribution >= 4 is 5.91 Å². The van der Waals surface area contributed by atoms with E-state index in [1.54, 1.807) is 12.1 Å². The van der Waals surface area contributed by atoms with Gasteiger partial charge in [0.25, 0.3) is 0 Å². The van der Waals surface area contributed by atoms with Gasteiger partial charge in [0.15, 0.2) is 0 Å². The van der Waals surface area contributed by atoms with Crippen molar-refractivity contribution in [3.05, 3.63) is 71.4 Å². The van der Waals surface area contributed by atoms with E-state index in [-0.39, 0.29) is 23.1 Å². The molecule has 0 unspecified atom stereocenters. The molecule has 1 amide bonds. The fraction of sp³-hybridized carbons (Fsp3) is 0.464. The quantitative estimate of drug-likeness (QED) is 0.454. The number of halogens is 1. The maximum Gasteiger partial charge on any atom is 0.241 e. The monoisotopic (exact) mass is 478 g/mol. The molecule has 1 saturated heterocycles. The number of rotatable bonds is 8. The molecule has 6 nitrogen and oxygen atoms in total. The maximum atomic E-state index is 13.0. The molecule has 0 radical (unpaired) electrons. The molecule has 1 N–H and O–H groups in total. The third-order valence-corrected chi connectivity index (χ3v) is 6.65. The fourth-order valence-corrected chi connectivity index (χ4v) is 4.40. The first kappa shape index (κ1) is 25.0. The summed E-state index contributed by atoms with van der Waals surface area (Å²) < 4.78 is 18.5. The van der Waals surface area contributed by atoms with Gasteiger partial charge in [-0.2, -0.15) is 4.98 Å². The number of hydrogen-bond donors (Lipinski definition) is 1. The number of nitrogens with one attached hydrogen (secondary N) is 1. The van der Waals surface area contributed by atoms with Gasteiger partial charge >= 0.3 is 0 Å².